The third-order valence-electron chi connectivity index (χ3n) is 1.32. The number of hydrogen-bond acceptors (Lipinski definition) is 3. The minimum absolute atomic E-state index is 0.369. The lowest BCUT2D eigenvalue weighted by atomic mass is 10.2. The van der Waals surface area contributed by atoms with E-state index in [1.807, 2.05) is 0 Å². The average Bonchev–Trinajstić information content (AvgIpc) is 2.11. The minimum Gasteiger partial charge on any atom is -0.484 e. The lowest BCUT2D eigenvalue weighted by Gasteiger charge is -2.02. The van der Waals surface area contributed by atoms with Crippen LogP contribution in [0.3, 0.4) is 0 Å². The molecule has 0 spiro atoms. The van der Waals surface area contributed by atoms with E-state index in [9.17, 15) is 0 Å². The van der Waals surface area contributed by atoms with Gasteiger partial charge in [-0.2, -0.15) is 4.99 Å². The van der Waals surface area contributed by atoms with Crippen LogP contribution in [-0.4, -0.2) is 32.7 Å². The molecule has 0 saturated carbocycles. The van der Waals surface area contributed by atoms with Crippen molar-refractivity contribution in [2.75, 3.05) is 20.8 Å². The molecule has 0 fully saturated rings. The van der Waals surface area contributed by atoms with Crippen LogP contribution in [-0.2, 0) is 9.47 Å². The summed E-state index contributed by atoms with van der Waals surface area (Å²) >= 11 is 0. The highest BCUT2D eigenvalue weighted by molar-refractivity contribution is 5.88. The maximum absolute atomic E-state index is 4.96. The average molecular weight is 186 g/mol. The van der Waals surface area contributed by atoms with Crippen molar-refractivity contribution in [3.8, 4) is 0 Å². The second kappa shape index (κ2) is 6.46. The van der Waals surface area contributed by atoms with Crippen molar-refractivity contribution in [3.05, 3.63) is 0 Å². The van der Waals surface area contributed by atoms with Gasteiger partial charge in [-0.3, -0.25) is 0 Å². The summed E-state index contributed by atoms with van der Waals surface area (Å²) in [6.07, 6.45) is 0. The molecule has 13 heavy (non-hydrogen) atoms. The van der Waals surface area contributed by atoms with Gasteiger partial charge in [-0.1, -0.05) is 13.8 Å². The summed E-state index contributed by atoms with van der Waals surface area (Å²) in [6.45, 7) is 6.64. The predicted octanol–water partition coefficient (Wildman–Crippen LogP) is 1.71. The largest absolute Gasteiger partial charge is 0.484 e. The Morgan fingerprint density at radius 2 is 1.85 bits per heavy atom. The maximum Gasteiger partial charge on any atom is 0.314 e. The van der Waals surface area contributed by atoms with Gasteiger partial charge in [0.2, 0.25) is 0 Å². The van der Waals surface area contributed by atoms with Gasteiger partial charge >= 0.3 is 6.02 Å². The topological polar surface area (TPSA) is 43.2 Å². The van der Waals surface area contributed by atoms with Gasteiger partial charge in [0.05, 0.1) is 14.2 Å². The molecule has 0 aliphatic carbocycles. The Bertz CT molecular complexity index is 198. The van der Waals surface area contributed by atoms with Crippen LogP contribution in [0, 0.1) is 5.92 Å². The second-order valence-electron chi connectivity index (χ2n) is 3.06. The molecule has 0 atom stereocenters. The molecule has 0 saturated heterocycles. The smallest absolute Gasteiger partial charge is 0.314 e. The Kier molecular flexibility index (Phi) is 5.93. The van der Waals surface area contributed by atoms with E-state index in [4.69, 9.17) is 9.47 Å². The molecule has 4 heteroatoms. The van der Waals surface area contributed by atoms with Crippen molar-refractivity contribution in [1.82, 2.24) is 0 Å². The van der Waals surface area contributed by atoms with Gasteiger partial charge in [-0.25, -0.2) is 4.99 Å². The highest BCUT2D eigenvalue weighted by Crippen LogP contribution is 1.94. The summed E-state index contributed by atoms with van der Waals surface area (Å²) < 4.78 is 9.83. The number of amidine groups is 1. The van der Waals surface area contributed by atoms with Crippen LogP contribution < -0.4 is 0 Å². The van der Waals surface area contributed by atoms with E-state index >= 15 is 0 Å². The molecule has 0 amide bonds. The van der Waals surface area contributed by atoms with Crippen molar-refractivity contribution in [2.45, 2.75) is 20.8 Å². The van der Waals surface area contributed by atoms with Crippen LogP contribution in [0.4, 0.5) is 0 Å². The summed E-state index contributed by atoms with van der Waals surface area (Å²) in [6, 6.07) is 0.369. The zero-order chi connectivity index (χ0) is 10.3. The van der Waals surface area contributed by atoms with Crippen molar-refractivity contribution in [1.29, 1.82) is 0 Å². The van der Waals surface area contributed by atoms with Crippen LogP contribution in [0.2, 0.25) is 0 Å². The normalized spacial score (nSPS) is 13.4. The number of methoxy groups -OCH3 is 2. The molecule has 0 aliphatic heterocycles. The Morgan fingerprint density at radius 3 is 2.23 bits per heavy atom. The molecule has 0 aliphatic rings. The van der Waals surface area contributed by atoms with E-state index in [2.05, 4.69) is 23.8 Å². The zero-order valence-corrected chi connectivity index (χ0v) is 9.00. The molecule has 76 valence electrons. The van der Waals surface area contributed by atoms with E-state index in [1.54, 1.807) is 21.1 Å². The molecule has 0 heterocycles. The SMILES string of the molecule is CO/C(C)=N/C(=N\CC(C)C)OC. The minimum atomic E-state index is 0.369. The number of rotatable bonds is 2. The number of ether oxygens (including phenoxy) is 2. The highest BCUT2D eigenvalue weighted by Gasteiger charge is 1.98. The van der Waals surface area contributed by atoms with Crippen molar-refractivity contribution in [2.24, 2.45) is 15.9 Å². The first-order valence-electron chi connectivity index (χ1n) is 4.27. The summed E-state index contributed by atoms with van der Waals surface area (Å²) in [5.41, 5.74) is 0. The fourth-order valence-corrected chi connectivity index (χ4v) is 0.587. The van der Waals surface area contributed by atoms with E-state index in [-0.39, 0.29) is 0 Å². The van der Waals surface area contributed by atoms with Crippen molar-refractivity contribution >= 4 is 11.9 Å². The van der Waals surface area contributed by atoms with Gasteiger partial charge in [-0.15, -0.1) is 0 Å². The Morgan fingerprint density at radius 1 is 1.23 bits per heavy atom. The molecule has 0 unspecified atom stereocenters. The molecular formula is C9H18N2O2. The van der Waals surface area contributed by atoms with Gasteiger partial charge in [-0.05, 0) is 5.92 Å². The van der Waals surface area contributed by atoms with Crippen molar-refractivity contribution in [3.63, 3.8) is 0 Å². The van der Waals surface area contributed by atoms with Crippen LogP contribution >= 0.6 is 0 Å². The summed E-state index contributed by atoms with van der Waals surface area (Å²) in [7, 11) is 3.11. The number of hydrogen-bond donors (Lipinski definition) is 0. The fourth-order valence-electron chi connectivity index (χ4n) is 0.587. The standard InChI is InChI=1S/C9H18N2O2/c1-7(2)6-10-9(13-5)11-8(3)12-4/h7H,6H2,1-5H3/b10-9+,11-8+. The summed E-state index contributed by atoms with van der Waals surface area (Å²) in [5, 5.41) is 0. The molecule has 0 rings (SSSR count). The van der Waals surface area contributed by atoms with E-state index < -0.39 is 0 Å². The van der Waals surface area contributed by atoms with Crippen LogP contribution in [0.5, 0.6) is 0 Å². The Labute approximate surface area is 79.7 Å². The van der Waals surface area contributed by atoms with Crippen LogP contribution in [0.15, 0.2) is 9.98 Å². The third kappa shape index (κ3) is 6.13. The lowest BCUT2D eigenvalue weighted by Crippen LogP contribution is -2.06. The van der Waals surface area contributed by atoms with E-state index in [1.165, 1.54) is 0 Å². The molecule has 0 bridgehead atoms. The number of aliphatic imine (C=N–C) groups is 2. The van der Waals surface area contributed by atoms with Gasteiger partial charge in [0, 0.05) is 13.5 Å². The summed E-state index contributed by atoms with van der Waals surface area (Å²) in [5.74, 6) is 1.05. The van der Waals surface area contributed by atoms with Crippen LogP contribution in [0.1, 0.15) is 20.8 Å². The van der Waals surface area contributed by atoms with Gasteiger partial charge in [0.25, 0.3) is 0 Å². The summed E-state index contributed by atoms with van der Waals surface area (Å²) in [4.78, 5) is 8.16. The molecule has 0 aromatic rings. The predicted molar refractivity (Wildman–Crippen MR) is 54.3 cm³/mol. The van der Waals surface area contributed by atoms with Gasteiger partial charge < -0.3 is 9.47 Å². The van der Waals surface area contributed by atoms with Gasteiger partial charge in [0.1, 0.15) is 0 Å². The third-order valence-corrected chi connectivity index (χ3v) is 1.32. The van der Waals surface area contributed by atoms with E-state index in [0.717, 1.165) is 0 Å². The molecule has 0 aromatic heterocycles. The lowest BCUT2D eigenvalue weighted by molar-refractivity contribution is 0.378. The molecule has 0 aromatic carbocycles. The molecule has 4 nitrogen and oxygen atoms in total. The maximum atomic E-state index is 4.96. The monoisotopic (exact) mass is 186 g/mol. The van der Waals surface area contributed by atoms with Gasteiger partial charge in [0.15, 0.2) is 5.90 Å². The Hall–Kier alpha value is -1.06. The molecular weight excluding hydrogens is 168 g/mol. The fraction of sp³-hybridized carbons (Fsp3) is 0.778. The number of nitrogens with zero attached hydrogens (tertiary/aromatic N) is 2. The Balaban J connectivity index is 4.24. The molecule has 0 N–H and O–H groups in total. The second-order valence-corrected chi connectivity index (χ2v) is 3.06. The quantitative estimate of drug-likeness (QED) is 0.486. The first-order valence-corrected chi connectivity index (χ1v) is 4.27. The zero-order valence-electron chi connectivity index (χ0n) is 9.00. The first kappa shape index (κ1) is 11.9. The highest BCUT2D eigenvalue weighted by atomic mass is 16.5. The van der Waals surface area contributed by atoms with Crippen LogP contribution in [0.25, 0.3) is 0 Å². The molecule has 0 radical (unpaired) electrons. The first-order chi connectivity index (χ1) is 6.10. The van der Waals surface area contributed by atoms with Crippen molar-refractivity contribution < 1.29 is 9.47 Å². The van der Waals surface area contributed by atoms with E-state index in [0.29, 0.717) is 24.4 Å².